The topological polar surface area (TPSA) is 74.2 Å². The fourth-order valence-corrected chi connectivity index (χ4v) is 4.43. The minimum Gasteiger partial charge on any atom is -0.391 e. The Morgan fingerprint density at radius 1 is 1.11 bits per heavy atom. The fraction of sp³-hybridized carbons (Fsp3) is 0.500. The highest BCUT2D eigenvalue weighted by molar-refractivity contribution is 6.33. The molecule has 28 heavy (non-hydrogen) atoms. The Bertz CT molecular complexity index is 838. The lowest BCUT2D eigenvalue weighted by atomic mass is 9.77. The van der Waals surface area contributed by atoms with Crippen LogP contribution in [0.25, 0.3) is 0 Å². The number of fused-ring (bicyclic) bond motifs is 1. The van der Waals surface area contributed by atoms with Gasteiger partial charge in [0.1, 0.15) is 11.6 Å². The van der Waals surface area contributed by atoms with Crippen molar-refractivity contribution in [3.63, 3.8) is 0 Å². The van der Waals surface area contributed by atoms with E-state index in [0.29, 0.717) is 31.1 Å². The van der Waals surface area contributed by atoms with Gasteiger partial charge in [0.15, 0.2) is 0 Å². The van der Waals surface area contributed by atoms with Gasteiger partial charge in [-0.25, -0.2) is 9.97 Å². The van der Waals surface area contributed by atoms with E-state index in [2.05, 4.69) is 20.3 Å². The summed E-state index contributed by atoms with van der Waals surface area (Å²) < 4.78 is 38.5. The third-order valence-corrected chi connectivity index (χ3v) is 5.77. The molecule has 1 saturated carbocycles. The van der Waals surface area contributed by atoms with E-state index in [1.807, 2.05) is 4.90 Å². The summed E-state index contributed by atoms with van der Waals surface area (Å²) in [5, 5.41) is 13.7. The van der Waals surface area contributed by atoms with E-state index in [4.69, 9.17) is 11.6 Å². The van der Waals surface area contributed by atoms with E-state index >= 15 is 0 Å². The van der Waals surface area contributed by atoms with Crippen molar-refractivity contribution in [2.24, 2.45) is 11.8 Å². The van der Waals surface area contributed by atoms with Crippen molar-refractivity contribution >= 4 is 23.2 Å². The van der Waals surface area contributed by atoms with Crippen molar-refractivity contribution in [1.82, 2.24) is 15.0 Å². The van der Waals surface area contributed by atoms with Crippen molar-refractivity contribution in [2.45, 2.75) is 31.2 Å². The minimum atomic E-state index is -4.47. The molecule has 0 unspecified atom stereocenters. The Labute approximate surface area is 164 Å². The number of aliphatic hydroxyl groups is 1. The first kappa shape index (κ1) is 19.2. The lowest BCUT2D eigenvalue weighted by molar-refractivity contribution is -0.137. The van der Waals surface area contributed by atoms with Crippen LogP contribution in [-0.4, -0.2) is 45.3 Å². The molecular weight excluding hydrogens is 395 g/mol. The monoisotopic (exact) mass is 413 g/mol. The van der Waals surface area contributed by atoms with Gasteiger partial charge in [0.05, 0.1) is 28.9 Å². The molecule has 1 saturated heterocycles. The SMILES string of the molecule is O[C@@H]1C[C@H]2CN(c3ncc(C(F)(F)F)cc3Cl)C[C@H]2C[C@H]1Nc1cnccn1. The lowest BCUT2D eigenvalue weighted by Gasteiger charge is -2.35. The zero-order chi connectivity index (χ0) is 19.9. The molecule has 2 aromatic heterocycles. The molecule has 0 radical (unpaired) electrons. The Hall–Kier alpha value is -2.13. The summed E-state index contributed by atoms with van der Waals surface area (Å²) in [7, 11) is 0. The first-order chi connectivity index (χ1) is 13.3. The van der Waals surface area contributed by atoms with Gasteiger partial charge >= 0.3 is 6.18 Å². The molecule has 1 aliphatic carbocycles. The van der Waals surface area contributed by atoms with Gasteiger partial charge in [-0.05, 0) is 30.7 Å². The maximum atomic E-state index is 12.8. The van der Waals surface area contributed by atoms with Gasteiger partial charge in [-0.1, -0.05) is 11.6 Å². The molecule has 150 valence electrons. The van der Waals surface area contributed by atoms with Gasteiger partial charge in [0.2, 0.25) is 0 Å². The Morgan fingerprint density at radius 3 is 2.50 bits per heavy atom. The maximum absolute atomic E-state index is 12.8. The zero-order valence-corrected chi connectivity index (χ0v) is 15.5. The minimum absolute atomic E-state index is 0.0109. The predicted octanol–water partition coefficient (Wildman–Crippen LogP) is 3.23. The summed E-state index contributed by atoms with van der Waals surface area (Å²) in [6.45, 7) is 1.24. The summed E-state index contributed by atoms with van der Waals surface area (Å²) in [5.74, 6) is 1.47. The molecule has 2 fully saturated rings. The maximum Gasteiger partial charge on any atom is 0.417 e. The molecule has 4 atom stereocenters. The second-order valence-corrected chi connectivity index (χ2v) is 7.74. The van der Waals surface area contributed by atoms with Gasteiger partial charge in [-0.15, -0.1) is 0 Å². The molecule has 10 heteroatoms. The average molecular weight is 414 g/mol. The number of nitrogens with zero attached hydrogens (tertiary/aromatic N) is 4. The van der Waals surface area contributed by atoms with Crippen LogP contribution in [0.4, 0.5) is 24.8 Å². The van der Waals surface area contributed by atoms with Crippen LogP contribution in [0.5, 0.6) is 0 Å². The van der Waals surface area contributed by atoms with E-state index in [0.717, 1.165) is 18.7 Å². The molecule has 2 aliphatic rings. The Balaban J connectivity index is 1.46. The zero-order valence-electron chi connectivity index (χ0n) is 14.8. The Kier molecular flexibility index (Phi) is 5.05. The van der Waals surface area contributed by atoms with Crippen molar-refractivity contribution in [3.05, 3.63) is 41.4 Å². The fourth-order valence-electron chi connectivity index (χ4n) is 4.14. The van der Waals surface area contributed by atoms with Gasteiger partial charge in [0, 0.05) is 31.7 Å². The molecule has 3 heterocycles. The molecule has 6 nitrogen and oxygen atoms in total. The molecule has 4 rings (SSSR count). The van der Waals surface area contributed by atoms with Gasteiger partial charge < -0.3 is 15.3 Å². The number of anilines is 2. The van der Waals surface area contributed by atoms with Crippen molar-refractivity contribution < 1.29 is 18.3 Å². The number of halogens is 4. The smallest absolute Gasteiger partial charge is 0.391 e. The number of hydrogen-bond donors (Lipinski definition) is 2. The molecule has 2 N–H and O–H groups in total. The van der Waals surface area contributed by atoms with E-state index in [1.165, 1.54) is 0 Å². The van der Waals surface area contributed by atoms with Crippen molar-refractivity contribution in [1.29, 1.82) is 0 Å². The normalized spacial score (nSPS) is 27.5. The number of aliphatic hydroxyl groups excluding tert-OH is 1. The van der Waals surface area contributed by atoms with E-state index in [1.54, 1.807) is 18.6 Å². The third kappa shape index (κ3) is 3.86. The van der Waals surface area contributed by atoms with Crippen LogP contribution in [0, 0.1) is 11.8 Å². The first-order valence-corrected chi connectivity index (χ1v) is 9.37. The van der Waals surface area contributed by atoms with Crippen LogP contribution in [-0.2, 0) is 6.18 Å². The van der Waals surface area contributed by atoms with Gasteiger partial charge in [-0.3, -0.25) is 4.98 Å². The van der Waals surface area contributed by atoms with Crippen LogP contribution in [0.15, 0.2) is 30.9 Å². The average Bonchev–Trinajstić information content (AvgIpc) is 3.04. The van der Waals surface area contributed by atoms with E-state index in [9.17, 15) is 18.3 Å². The summed E-state index contributed by atoms with van der Waals surface area (Å²) in [6.07, 6.45) is 1.87. The molecule has 0 aromatic carbocycles. The van der Waals surface area contributed by atoms with E-state index in [-0.39, 0.29) is 22.9 Å². The molecule has 0 amide bonds. The summed E-state index contributed by atoms with van der Waals surface area (Å²) in [6, 6.07) is 0.757. The molecular formula is C18H19ClF3N5O. The Morgan fingerprint density at radius 2 is 1.86 bits per heavy atom. The highest BCUT2D eigenvalue weighted by Gasteiger charge is 2.43. The molecule has 2 aromatic rings. The lowest BCUT2D eigenvalue weighted by Crippen LogP contribution is -2.43. The molecule has 0 spiro atoms. The van der Waals surface area contributed by atoms with Crippen molar-refractivity contribution in [3.8, 4) is 0 Å². The summed E-state index contributed by atoms with van der Waals surface area (Å²) in [4.78, 5) is 14.1. The van der Waals surface area contributed by atoms with E-state index < -0.39 is 17.8 Å². The van der Waals surface area contributed by atoms with Crippen molar-refractivity contribution in [2.75, 3.05) is 23.3 Å². The number of hydrogen-bond acceptors (Lipinski definition) is 6. The van der Waals surface area contributed by atoms with Crippen LogP contribution in [0.2, 0.25) is 5.02 Å². The number of rotatable bonds is 3. The van der Waals surface area contributed by atoms with Gasteiger partial charge in [-0.2, -0.15) is 13.2 Å². The van der Waals surface area contributed by atoms with Crippen LogP contribution in [0.3, 0.4) is 0 Å². The predicted molar refractivity (Wildman–Crippen MR) is 98.1 cm³/mol. The standard InChI is InChI=1S/C18H19ClF3N5O/c19-13-5-12(18(20,21)22)6-25-17(13)27-8-10-3-14(15(28)4-11(10)9-27)26-16-7-23-1-2-24-16/h1-2,5-7,10-11,14-15,28H,3-4,8-9H2,(H,24,26)/t10-,11+,14-,15-/m1/s1. The first-order valence-electron chi connectivity index (χ1n) is 8.99. The van der Waals surface area contributed by atoms with Crippen LogP contribution >= 0.6 is 11.6 Å². The van der Waals surface area contributed by atoms with Crippen LogP contribution in [0.1, 0.15) is 18.4 Å². The number of nitrogens with one attached hydrogen (secondary N) is 1. The number of alkyl halides is 3. The van der Waals surface area contributed by atoms with Gasteiger partial charge in [0.25, 0.3) is 0 Å². The second-order valence-electron chi connectivity index (χ2n) is 7.33. The third-order valence-electron chi connectivity index (χ3n) is 5.49. The largest absolute Gasteiger partial charge is 0.417 e. The summed E-state index contributed by atoms with van der Waals surface area (Å²) in [5.41, 5.74) is -0.860. The highest BCUT2D eigenvalue weighted by Crippen LogP contribution is 2.41. The summed E-state index contributed by atoms with van der Waals surface area (Å²) >= 11 is 6.10. The molecule has 1 aliphatic heterocycles. The highest BCUT2D eigenvalue weighted by atomic mass is 35.5. The number of aromatic nitrogens is 3. The second kappa shape index (κ2) is 7.36. The molecule has 0 bridgehead atoms. The quantitative estimate of drug-likeness (QED) is 0.804. The van der Waals surface area contributed by atoms with Crippen LogP contribution < -0.4 is 10.2 Å². The number of pyridine rings is 1.